The van der Waals surface area contributed by atoms with E-state index in [0.717, 1.165) is 39.2 Å². The Morgan fingerprint density at radius 1 is 1.19 bits per heavy atom. The molecule has 0 saturated carbocycles. The fourth-order valence-corrected chi connectivity index (χ4v) is 3.15. The summed E-state index contributed by atoms with van der Waals surface area (Å²) in [4.78, 5) is 0. The molecule has 4 heteroatoms. The van der Waals surface area contributed by atoms with Gasteiger partial charge in [-0.3, -0.25) is 0 Å². The molecule has 2 aromatic carbocycles. The molecule has 0 aliphatic heterocycles. The molecule has 0 amide bonds. The molecule has 0 bridgehead atoms. The van der Waals surface area contributed by atoms with Crippen molar-refractivity contribution < 1.29 is 9.84 Å². The number of aliphatic hydroxyl groups is 1. The number of rotatable bonds is 6. The van der Waals surface area contributed by atoms with Gasteiger partial charge in [-0.25, -0.2) is 0 Å². The fraction of sp³-hybridized carbons (Fsp3) is 0.294. The number of hydrogen-bond acceptors (Lipinski definition) is 2. The molecule has 0 saturated heterocycles. The zero-order chi connectivity index (χ0) is 15.2. The Hall–Kier alpha value is -1.03. The van der Waals surface area contributed by atoms with Crippen LogP contribution >= 0.6 is 27.5 Å². The highest BCUT2D eigenvalue weighted by Gasteiger charge is 2.12. The van der Waals surface area contributed by atoms with Crippen LogP contribution < -0.4 is 4.74 Å². The third-order valence-corrected chi connectivity index (χ3v) is 4.45. The first-order chi connectivity index (χ1) is 10.1. The van der Waals surface area contributed by atoms with Gasteiger partial charge in [0.1, 0.15) is 5.75 Å². The van der Waals surface area contributed by atoms with Crippen LogP contribution in [0.3, 0.4) is 0 Å². The minimum atomic E-state index is 0.134. The summed E-state index contributed by atoms with van der Waals surface area (Å²) in [6.45, 7) is 0.134. The predicted molar refractivity (Wildman–Crippen MR) is 90.1 cm³/mol. The zero-order valence-electron chi connectivity index (χ0n) is 11.9. The maximum absolute atomic E-state index is 9.63. The second-order valence-corrected chi connectivity index (χ2v) is 6.28. The van der Waals surface area contributed by atoms with Crippen molar-refractivity contribution in [1.29, 1.82) is 0 Å². The molecule has 2 aromatic rings. The average molecular weight is 370 g/mol. The minimum absolute atomic E-state index is 0.134. The van der Waals surface area contributed by atoms with Gasteiger partial charge in [-0.05, 0) is 64.0 Å². The Kier molecular flexibility index (Phi) is 6.09. The SMILES string of the molecule is COc1ccc(CC(CO)Cc2ccccc2Cl)cc1Br. The van der Waals surface area contributed by atoms with E-state index < -0.39 is 0 Å². The van der Waals surface area contributed by atoms with Crippen molar-refractivity contribution in [3.63, 3.8) is 0 Å². The first kappa shape index (κ1) is 16.3. The summed E-state index contributed by atoms with van der Waals surface area (Å²) in [5.41, 5.74) is 2.24. The van der Waals surface area contributed by atoms with Gasteiger partial charge in [0.25, 0.3) is 0 Å². The van der Waals surface area contributed by atoms with E-state index in [9.17, 15) is 5.11 Å². The minimum Gasteiger partial charge on any atom is -0.496 e. The molecule has 2 nitrogen and oxygen atoms in total. The predicted octanol–water partition coefficient (Wildman–Crippen LogP) is 4.50. The summed E-state index contributed by atoms with van der Waals surface area (Å²) in [6.07, 6.45) is 1.56. The molecule has 0 aliphatic rings. The van der Waals surface area contributed by atoms with Crippen molar-refractivity contribution in [2.75, 3.05) is 13.7 Å². The van der Waals surface area contributed by atoms with Gasteiger partial charge in [-0.1, -0.05) is 35.9 Å². The number of aliphatic hydroxyl groups excluding tert-OH is 1. The van der Waals surface area contributed by atoms with Crippen LogP contribution in [-0.4, -0.2) is 18.8 Å². The van der Waals surface area contributed by atoms with Gasteiger partial charge in [0.2, 0.25) is 0 Å². The van der Waals surface area contributed by atoms with Crippen LogP contribution in [-0.2, 0) is 12.8 Å². The quantitative estimate of drug-likeness (QED) is 0.812. The van der Waals surface area contributed by atoms with Gasteiger partial charge in [0.05, 0.1) is 11.6 Å². The second-order valence-electron chi connectivity index (χ2n) is 5.02. The van der Waals surface area contributed by atoms with Crippen molar-refractivity contribution in [2.45, 2.75) is 12.8 Å². The van der Waals surface area contributed by atoms with Crippen LogP contribution in [0.25, 0.3) is 0 Å². The Balaban J connectivity index is 2.09. The summed E-state index contributed by atoms with van der Waals surface area (Å²) in [5.74, 6) is 0.954. The molecular formula is C17H18BrClO2. The van der Waals surface area contributed by atoms with E-state index in [2.05, 4.69) is 15.9 Å². The summed E-state index contributed by atoms with van der Waals surface area (Å²) < 4.78 is 6.16. The van der Waals surface area contributed by atoms with Gasteiger partial charge in [0, 0.05) is 11.6 Å². The molecule has 1 unspecified atom stereocenters. The standard InChI is InChI=1S/C17H18BrClO2/c1-21-17-7-6-12(10-15(17)18)8-13(11-20)9-14-4-2-3-5-16(14)19/h2-7,10,13,20H,8-9,11H2,1H3. The van der Waals surface area contributed by atoms with Gasteiger partial charge >= 0.3 is 0 Å². The molecule has 21 heavy (non-hydrogen) atoms. The van der Waals surface area contributed by atoms with Gasteiger partial charge in [0.15, 0.2) is 0 Å². The number of benzene rings is 2. The smallest absolute Gasteiger partial charge is 0.133 e. The number of ether oxygens (including phenoxy) is 1. The first-order valence-corrected chi connectivity index (χ1v) is 7.97. The van der Waals surface area contributed by atoms with E-state index in [1.807, 2.05) is 42.5 Å². The third kappa shape index (κ3) is 4.47. The molecule has 0 radical (unpaired) electrons. The lowest BCUT2D eigenvalue weighted by molar-refractivity contribution is 0.225. The molecule has 0 aromatic heterocycles. The lowest BCUT2D eigenvalue weighted by atomic mass is 9.93. The summed E-state index contributed by atoms with van der Waals surface area (Å²) in [5, 5.41) is 10.4. The van der Waals surface area contributed by atoms with E-state index >= 15 is 0 Å². The lowest BCUT2D eigenvalue weighted by Gasteiger charge is -2.16. The molecule has 1 atom stereocenters. The van der Waals surface area contributed by atoms with Crippen LogP contribution in [0.2, 0.25) is 5.02 Å². The van der Waals surface area contributed by atoms with E-state index in [1.54, 1.807) is 7.11 Å². The Morgan fingerprint density at radius 3 is 2.57 bits per heavy atom. The highest BCUT2D eigenvalue weighted by molar-refractivity contribution is 9.10. The van der Waals surface area contributed by atoms with Crippen molar-refractivity contribution in [1.82, 2.24) is 0 Å². The second kappa shape index (κ2) is 7.83. The van der Waals surface area contributed by atoms with Crippen LogP contribution in [0.4, 0.5) is 0 Å². The molecule has 0 aliphatic carbocycles. The zero-order valence-corrected chi connectivity index (χ0v) is 14.2. The highest BCUT2D eigenvalue weighted by atomic mass is 79.9. The van der Waals surface area contributed by atoms with Crippen molar-refractivity contribution >= 4 is 27.5 Å². The van der Waals surface area contributed by atoms with Crippen molar-refractivity contribution in [2.24, 2.45) is 5.92 Å². The Labute approximate surface area is 138 Å². The molecular weight excluding hydrogens is 352 g/mol. The number of hydrogen-bond donors (Lipinski definition) is 1. The van der Waals surface area contributed by atoms with Gasteiger partial charge in [-0.2, -0.15) is 0 Å². The average Bonchev–Trinajstić information content (AvgIpc) is 2.49. The topological polar surface area (TPSA) is 29.5 Å². The maximum atomic E-state index is 9.63. The summed E-state index contributed by atoms with van der Waals surface area (Å²) in [7, 11) is 1.65. The Bertz CT molecular complexity index is 601. The molecule has 1 N–H and O–H groups in total. The van der Waals surface area contributed by atoms with Crippen LogP contribution in [0.1, 0.15) is 11.1 Å². The Morgan fingerprint density at radius 2 is 1.95 bits per heavy atom. The van der Waals surface area contributed by atoms with Gasteiger partial charge in [-0.15, -0.1) is 0 Å². The molecule has 0 spiro atoms. The van der Waals surface area contributed by atoms with Crippen molar-refractivity contribution in [3.05, 3.63) is 63.1 Å². The highest BCUT2D eigenvalue weighted by Crippen LogP contribution is 2.27. The fourth-order valence-electron chi connectivity index (χ4n) is 2.35. The van der Waals surface area contributed by atoms with Crippen LogP contribution in [0.5, 0.6) is 5.75 Å². The maximum Gasteiger partial charge on any atom is 0.133 e. The van der Waals surface area contributed by atoms with Crippen molar-refractivity contribution in [3.8, 4) is 5.75 Å². The van der Waals surface area contributed by atoms with E-state index in [4.69, 9.17) is 16.3 Å². The largest absolute Gasteiger partial charge is 0.496 e. The van der Waals surface area contributed by atoms with E-state index in [0.29, 0.717) is 0 Å². The number of methoxy groups -OCH3 is 1. The monoisotopic (exact) mass is 368 g/mol. The molecule has 112 valence electrons. The van der Waals surface area contributed by atoms with Crippen LogP contribution in [0.15, 0.2) is 46.9 Å². The van der Waals surface area contributed by atoms with E-state index in [1.165, 1.54) is 0 Å². The van der Waals surface area contributed by atoms with Crippen LogP contribution in [0, 0.1) is 5.92 Å². The lowest BCUT2D eigenvalue weighted by Crippen LogP contribution is -2.13. The molecule has 2 rings (SSSR count). The molecule has 0 heterocycles. The summed E-state index contributed by atoms with van der Waals surface area (Å²) in [6, 6.07) is 13.8. The third-order valence-electron chi connectivity index (χ3n) is 3.47. The normalized spacial score (nSPS) is 12.2. The molecule has 0 fully saturated rings. The van der Waals surface area contributed by atoms with E-state index in [-0.39, 0.29) is 12.5 Å². The summed E-state index contributed by atoms with van der Waals surface area (Å²) >= 11 is 9.68. The van der Waals surface area contributed by atoms with Gasteiger partial charge < -0.3 is 9.84 Å². The first-order valence-electron chi connectivity index (χ1n) is 6.80. The number of halogens is 2.